The molecule has 0 amide bonds. The molecule has 19 heavy (non-hydrogen) atoms. The summed E-state index contributed by atoms with van der Waals surface area (Å²) in [4.78, 5) is 4.44. The molecule has 2 aromatic rings. The van der Waals surface area contributed by atoms with E-state index in [0.717, 1.165) is 22.2 Å². The van der Waals surface area contributed by atoms with Crippen molar-refractivity contribution in [3.05, 3.63) is 41.2 Å². The van der Waals surface area contributed by atoms with Crippen LogP contribution in [0.2, 0.25) is 5.02 Å². The molecule has 3 nitrogen and oxygen atoms in total. The van der Waals surface area contributed by atoms with Crippen molar-refractivity contribution in [3.63, 3.8) is 0 Å². The highest BCUT2D eigenvalue weighted by Crippen LogP contribution is 2.33. The van der Waals surface area contributed by atoms with E-state index in [4.69, 9.17) is 11.6 Å². The first kappa shape index (κ1) is 12.5. The van der Waals surface area contributed by atoms with Crippen LogP contribution in [0.1, 0.15) is 37.3 Å². The van der Waals surface area contributed by atoms with Crippen LogP contribution >= 0.6 is 11.6 Å². The molecule has 1 aliphatic rings. The molecule has 1 aliphatic carbocycles. The predicted octanol–water partition coefficient (Wildman–Crippen LogP) is 4.70. The van der Waals surface area contributed by atoms with Crippen LogP contribution in [-0.4, -0.2) is 9.55 Å². The topological polar surface area (TPSA) is 29.9 Å². The van der Waals surface area contributed by atoms with Gasteiger partial charge in [-0.1, -0.05) is 30.5 Å². The van der Waals surface area contributed by atoms with E-state index in [0.29, 0.717) is 6.04 Å². The zero-order valence-corrected chi connectivity index (χ0v) is 11.8. The van der Waals surface area contributed by atoms with E-state index >= 15 is 0 Å². The summed E-state index contributed by atoms with van der Waals surface area (Å²) >= 11 is 6.15. The van der Waals surface area contributed by atoms with Gasteiger partial charge in [-0.3, -0.25) is 0 Å². The maximum absolute atomic E-state index is 6.15. The van der Waals surface area contributed by atoms with Crippen molar-refractivity contribution in [2.45, 2.75) is 38.6 Å². The molecule has 0 radical (unpaired) electrons. The van der Waals surface area contributed by atoms with Crippen LogP contribution in [0.5, 0.6) is 0 Å². The number of hydrogen-bond acceptors (Lipinski definition) is 2. The van der Waals surface area contributed by atoms with Crippen LogP contribution < -0.4 is 5.32 Å². The van der Waals surface area contributed by atoms with Crippen molar-refractivity contribution in [2.75, 3.05) is 5.32 Å². The molecular weight excluding hydrogens is 258 g/mol. The maximum Gasteiger partial charge on any atom is 0.207 e. The van der Waals surface area contributed by atoms with Gasteiger partial charge < -0.3 is 9.88 Å². The third-order valence-corrected chi connectivity index (χ3v) is 4.31. The minimum Gasteiger partial charge on any atom is -0.325 e. The molecule has 1 aromatic carbocycles. The Morgan fingerprint density at radius 3 is 2.89 bits per heavy atom. The zero-order valence-electron chi connectivity index (χ0n) is 11.1. The second kappa shape index (κ2) is 5.25. The van der Waals surface area contributed by atoms with Crippen molar-refractivity contribution in [1.29, 1.82) is 0 Å². The number of rotatable bonds is 3. The normalized spacial score (nSPS) is 15.9. The zero-order chi connectivity index (χ0) is 13.2. The Labute approximate surface area is 118 Å². The highest BCUT2D eigenvalue weighted by molar-refractivity contribution is 6.31. The third kappa shape index (κ3) is 2.47. The molecule has 0 aliphatic heterocycles. The van der Waals surface area contributed by atoms with Crippen LogP contribution in [0.3, 0.4) is 0 Å². The third-order valence-electron chi connectivity index (χ3n) is 3.90. The lowest BCUT2D eigenvalue weighted by Gasteiger charge is -2.16. The average Bonchev–Trinajstić information content (AvgIpc) is 3.05. The van der Waals surface area contributed by atoms with Gasteiger partial charge in [-0.15, -0.1) is 0 Å². The molecule has 1 N–H and O–H groups in total. The van der Waals surface area contributed by atoms with Gasteiger partial charge >= 0.3 is 0 Å². The van der Waals surface area contributed by atoms with Gasteiger partial charge in [-0.05, 0) is 37.5 Å². The summed E-state index contributed by atoms with van der Waals surface area (Å²) in [5.74, 6) is 0.914. The molecule has 3 rings (SSSR count). The number of anilines is 2. The average molecular weight is 276 g/mol. The smallest absolute Gasteiger partial charge is 0.207 e. The van der Waals surface area contributed by atoms with Crippen molar-refractivity contribution < 1.29 is 0 Å². The summed E-state index contributed by atoms with van der Waals surface area (Å²) in [7, 11) is 0. The Kier molecular flexibility index (Phi) is 3.47. The minimum absolute atomic E-state index is 0.587. The van der Waals surface area contributed by atoms with Crippen LogP contribution in [0.4, 0.5) is 11.6 Å². The number of nitrogens with one attached hydrogen (secondary N) is 1. The highest BCUT2D eigenvalue weighted by Gasteiger charge is 2.19. The molecule has 0 saturated heterocycles. The SMILES string of the molecule is Cc1c(Cl)cccc1Nc1nccn1C1CCCC1. The van der Waals surface area contributed by atoms with Crippen molar-refractivity contribution in [2.24, 2.45) is 0 Å². The van der Waals surface area contributed by atoms with E-state index in [1.165, 1.54) is 25.7 Å². The number of halogens is 1. The van der Waals surface area contributed by atoms with E-state index in [9.17, 15) is 0 Å². The fourth-order valence-corrected chi connectivity index (χ4v) is 2.92. The van der Waals surface area contributed by atoms with Crippen LogP contribution in [0.15, 0.2) is 30.6 Å². The fraction of sp³-hybridized carbons (Fsp3) is 0.400. The largest absolute Gasteiger partial charge is 0.325 e. The Morgan fingerprint density at radius 1 is 1.32 bits per heavy atom. The second-order valence-electron chi connectivity index (χ2n) is 5.13. The van der Waals surface area contributed by atoms with Crippen LogP contribution in [0.25, 0.3) is 0 Å². The predicted molar refractivity (Wildman–Crippen MR) is 79.2 cm³/mol. The van der Waals surface area contributed by atoms with Gasteiger partial charge in [-0.25, -0.2) is 4.98 Å². The molecule has 0 spiro atoms. The lowest BCUT2D eigenvalue weighted by atomic mass is 10.2. The minimum atomic E-state index is 0.587. The Hall–Kier alpha value is -1.48. The van der Waals surface area contributed by atoms with Gasteiger partial charge in [0, 0.05) is 29.1 Å². The summed E-state index contributed by atoms with van der Waals surface area (Å²) in [6.07, 6.45) is 9.06. The quantitative estimate of drug-likeness (QED) is 0.880. The first-order valence-electron chi connectivity index (χ1n) is 6.80. The molecule has 100 valence electrons. The summed E-state index contributed by atoms with van der Waals surface area (Å²) in [6.45, 7) is 2.02. The maximum atomic E-state index is 6.15. The first-order chi connectivity index (χ1) is 9.25. The monoisotopic (exact) mass is 275 g/mol. The number of nitrogens with zero attached hydrogens (tertiary/aromatic N) is 2. The van der Waals surface area contributed by atoms with E-state index in [-0.39, 0.29) is 0 Å². The van der Waals surface area contributed by atoms with Gasteiger partial charge in [0.1, 0.15) is 0 Å². The summed E-state index contributed by atoms with van der Waals surface area (Å²) in [5, 5.41) is 4.19. The lowest BCUT2D eigenvalue weighted by molar-refractivity contribution is 0.525. The standard InChI is InChI=1S/C15H18ClN3/c1-11-13(16)7-4-8-14(11)18-15-17-9-10-19(15)12-5-2-3-6-12/h4,7-10,12H,2-3,5-6H2,1H3,(H,17,18). The van der Waals surface area contributed by atoms with Crippen molar-refractivity contribution in [1.82, 2.24) is 9.55 Å². The van der Waals surface area contributed by atoms with Gasteiger partial charge in [0.05, 0.1) is 0 Å². The van der Waals surface area contributed by atoms with Gasteiger partial charge in [0.25, 0.3) is 0 Å². The van der Waals surface area contributed by atoms with E-state index in [1.807, 2.05) is 31.3 Å². The van der Waals surface area contributed by atoms with Gasteiger partial charge in [-0.2, -0.15) is 0 Å². The number of imidazole rings is 1. The molecule has 1 saturated carbocycles. The van der Waals surface area contributed by atoms with Gasteiger partial charge in [0.2, 0.25) is 5.95 Å². The Bertz CT molecular complexity index is 571. The molecule has 0 bridgehead atoms. The lowest BCUT2D eigenvalue weighted by Crippen LogP contribution is -2.08. The molecule has 1 fully saturated rings. The van der Waals surface area contributed by atoms with Crippen molar-refractivity contribution >= 4 is 23.2 Å². The molecule has 4 heteroatoms. The Balaban J connectivity index is 1.87. The second-order valence-corrected chi connectivity index (χ2v) is 5.54. The van der Waals surface area contributed by atoms with E-state index in [2.05, 4.69) is 21.1 Å². The number of hydrogen-bond donors (Lipinski definition) is 1. The molecule has 1 aromatic heterocycles. The van der Waals surface area contributed by atoms with Crippen LogP contribution in [-0.2, 0) is 0 Å². The van der Waals surface area contributed by atoms with E-state index < -0.39 is 0 Å². The van der Waals surface area contributed by atoms with Crippen LogP contribution in [0, 0.1) is 6.92 Å². The number of benzene rings is 1. The summed E-state index contributed by atoms with van der Waals surface area (Å²) in [5.41, 5.74) is 2.09. The molecule has 0 atom stereocenters. The first-order valence-corrected chi connectivity index (χ1v) is 7.18. The fourth-order valence-electron chi connectivity index (χ4n) is 2.75. The molecule has 0 unspecified atom stereocenters. The van der Waals surface area contributed by atoms with Crippen molar-refractivity contribution in [3.8, 4) is 0 Å². The molecule has 1 heterocycles. The summed E-state index contributed by atoms with van der Waals surface area (Å²) in [6, 6.07) is 6.49. The molecular formula is C15H18ClN3. The Morgan fingerprint density at radius 2 is 2.11 bits per heavy atom. The van der Waals surface area contributed by atoms with E-state index in [1.54, 1.807) is 0 Å². The highest BCUT2D eigenvalue weighted by atomic mass is 35.5. The van der Waals surface area contributed by atoms with Gasteiger partial charge in [0.15, 0.2) is 0 Å². The summed E-state index contributed by atoms with van der Waals surface area (Å²) < 4.78 is 2.26. The number of aromatic nitrogens is 2.